The summed E-state index contributed by atoms with van der Waals surface area (Å²) in [7, 11) is 0. The summed E-state index contributed by atoms with van der Waals surface area (Å²) in [5, 5.41) is 9.54. The minimum Gasteiger partial charge on any atom is -0.292 e. The Hall–Kier alpha value is -1.89. The van der Waals surface area contributed by atoms with Crippen molar-refractivity contribution in [2.45, 2.75) is 12.8 Å². The molecule has 0 aliphatic carbocycles. The lowest BCUT2D eigenvalue weighted by atomic mass is 9.91. The fraction of sp³-hybridized carbons (Fsp3) is 0.125. The molecule has 0 fully saturated rings. The number of hydrogen-bond acceptors (Lipinski definition) is 2. The van der Waals surface area contributed by atoms with Gasteiger partial charge in [-0.25, -0.2) is 4.39 Å². The smallest absolute Gasteiger partial charge is 0.186 e. The Labute approximate surface area is 131 Å². The highest BCUT2D eigenvalue weighted by Gasteiger charge is 2.28. The maximum Gasteiger partial charge on any atom is 0.186 e. The van der Waals surface area contributed by atoms with Crippen molar-refractivity contribution in [1.29, 1.82) is 5.26 Å². The Morgan fingerprint density at radius 1 is 1.24 bits per heavy atom. The third-order valence-corrected chi connectivity index (χ3v) is 3.71. The number of carbonyl (C=O) groups is 1. The number of halogens is 3. The quantitative estimate of drug-likeness (QED) is 0.752. The van der Waals surface area contributed by atoms with Crippen molar-refractivity contribution >= 4 is 29.0 Å². The van der Waals surface area contributed by atoms with Gasteiger partial charge in [-0.3, -0.25) is 4.79 Å². The molecule has 0 saturated carbocycles. The van der Waals surface area contributed by atoms with Crippen molar-refractivity contribution < 1.29 is 9.18 Å². The van der Waals surface area contributed by atoms with Crippen molar-refractivity contribution in [1.82, 2.24) is 0 Å². The molecule has 1 atom stereocenters. The van der Waals surface area contributed by atoms with Gasteiger partial charge in [0.1, 0.15) is 11.7 Å². The van der Waals surface area contributed by atoms with Crippen LogP contribution in [0.1, 0.15) is 27.4 Å². The number of hydrogen-bond donors (Lipinski definition) is 0. The molecule has 0 aliphatic rings. The Morgan fingerprint density at radius 2 is 1.95 bits per heavy atom. The molecular formula is C16H10Cl2FNO. The Kier molecular flexibility index (Phi) is 4.62. The van der Waals surface area contributed by atoms with Gasteiger partial charge in [0.25, 0.3) is 0 Å². The largest absolute Gasteiger partial charge is 0.292 e. The summed E-state index contributed by atoms with van der Waals surface area (Å²) in [6.07, 6.45) is 0. The van der Waals surface area contributed by atoms with E-state index in [9.17, 15) is 14.4 Å². The number of aryl methyl sites for hydroxylation is 1. The first-order valence-corrected chi connectivity index (χ1v) is 6.85. The molecule has 0 bridgehead atoms. The van der Waals surface area contributed by atoms with Gasteiger partial charge in [0.2, 0.25) is 0 Å². The van der Waals surface area contributed by atoms with Crippen LogP contribution < -0.4 is 0 Å². The maximum atomic E-state index is 13.9. The number of ketones is 1. The van der Waals surface area contributed by atoms with Crippen molar-refractivity contribution in [3.05, 3.63) is 69.0 Å². The monoisotopic (exact) mass is 321 g/mol. The van der Waals surface area contributed by atoms with Gasteiger partial charge in [-0.1, -0.05) is 35.3 Å². The molecule has 2 aromatic rings. The molecule has 0 spiro atoms. The highest BCUT2D eigenvalue weighted by Crippen LogP contribution is 2.31. The van der Waals surface area contributed by atoms with Crippen molar-refractivity contribution in [2.75, 3.05) is 0 Å². The molecule has 0 N–H and O–H groups in total. The van der Waals surface area contributed by atoms with Crippen LogP contribution in [0.2, 0.25) is 10.0 Å². The van der Waals surface area contributed by atoms with E-state index >= 15 is 0 Å². The number of nitriles is 1. The Balaban J connectivity index is 2.52. The van der Waals surface area contributed by atoms with Gasteiger partial charge in [-0.05, 0) is 36.8 Å². The lowest BCUT2D eigenvalue weighted by Crippen LogP contribution is -2.14. The normalized spacial score (nSPS) is 11.8. The predicted molar refractivity (Wildman–Crippen MR) is 80.3 cm³/mol. The predicted octanol–water partition coefficient (Wildman–Crippen LogP) is 4.93. The molecule has 2 aromatic carbocycles. The van der Waals surface area contributed by atoms with Gasteiger partial charge >= 0.3 is 0 Å². The van der Waals surface area contributed by atoms with Gasteiger partial charge in [0.15, 0.2) is 5.78 Å². The van der Waals surface area contributed by atoms with E-state index in [1.165, 1.54) is 18.2 Å². The molecule has 5 heteroatoms. The van der Waals surface area contributed by atoms with Crippen LogP contribution in [0.4, 0.5) is 4.39 Å². The summed E-state index contributed by atoms with van der Waals surface area (Å²) < 4.78 is 13.9. The molecular weight excluding hydrogens is 312 g/mol. The molecule has 0 radical (unpaired) electrons. The molecule has 2 rings (SSSR count). The van der Waals surface area contributed by atoms with Crippen LogP contribution in [0, 0.1) is 24.1 Å². The van der Waals surface area contributed by atoms with Gasteiger partial charge in [-0.15, -0.1) is 0 Å². The van der Waals surface area contributed by atoms with Gasteiger partial charge in [0, 0.05) is 16.1 Å². The lowest BCUT2D eigenvalue weighted by molar-refractivity contribution is 0.0977. The summed E-state index contributed by atoms with van der Waals surface area (Å²) >= 11 is 12.0. The zero-order chi connectivity index (χ0) is 15.6. The van der Waals surface area contributed by atoms with Crippen LogP contribution in [-0.2, 0) is 0 Å². The first-order chi connectivity index (χ1) is 9.95. The molecule has 106 valence electrons. The van der Waals surface area contributed by atoms with E-state index in [4.69, 9.17) is 23.2 Å². The van der Waals surface area contributed by atoms with Crippen LogP contribution in [0.25, 0.3) is 0 Å². The average Bonchev–Trinajstić information content (AvgIpc) is 2.42. The summed E-state index contributed by atoms with van der Waals surface area (Å²) in [5.41, 5.74) is 0.936. The second-order valence-electron chi connectivity index (χ2n) is 4.54. The third-order valence-electron chi connectivity index (χ3n) is 3.07. The van der Waals surface area contributed by atoms with E-state index in [1.54, 1.807) is 12.1 Å². The molecule has 0 aromatic heterocycles. The minimum atomic E-state index is -1.33. The van der Waals surface area contributed by atoms with Crippen molar-refractivity contribution in [3.63, 3.8) is 0 Å². The van der Waals surface area contributed by atoms with Crippen LogP contribution in [0.15, 0.2) is 36.4 Å². The summed E-state index contributed by atoms with van der Waals surface area (Å²) in [5.74, 6) is -2.60. The fourth-order valence-corrected chi connectivity index (χ4v) is 2.62. The van der Waals surface area contributed by atoms with Crippen LogP contribution >= 0.6 is 23.2 Å². The minimum absolute atomic E-state index is 0.0399. The van der Waals surface area contributed by atoms with E-state index in [0.717, 1.165) is 11.6 Å². The molecule has 0 amide bonds. The lowest BCUT2D eigenvalue weighted by Gasteiger charge is -2.12. The molecule has 21 heavy (non-hydrogen) atoms. The van der Waals surface area contributed by atoms with Crippen LogP contribution in [-0.4, -0.2) is 5.78 Å². The van der Waals surface area contributed by atoms with Crippen LogP contribution in [0.3, 0.4) is 0 Å². The Morgan fingerprint density at radius 3 is 2.52 bits per heavy atom. The third kappa shape index (κ3) is 3.07. The summed E-state index contributed by atoms with van der Waals surface area (Å²) in [6.45, 7) is 1.83. The average molecular weight is 322 g/mol. The summed E-state index contributed by atoms with van der Waals surface area (Å²) in [4.78, 5) is 12.5. The zero-order valence-electron chi connectivity index (χ0n) is 11.0. The Bertz CT molecular complexity index is 732. The standard InChI is InChI=1S/C16H10Cl2FNO/c1-9-5-6-10(13(18)7-9)16(21)11(8-20)15-12(17)3-2-4-14(15)19/h2-7,11H,1H3. The highest BCUT2D eigenvalue weighted by molar-refractivity contribution is 6.35. The zero-order valence-corrected chi connectivity index (χ0v) is 12.5. The van der Waals surface area contributed by atoms with Crippen molar-refractivity contribution in [2.24, 2.45) is 0 Å². The van der Waals surface area contributed by atoms with Gasteiger partial charge < -0.3 is 0 Å². The molecule has 0 aliphatic heterocycles. The number of rotatable bonds is 3. The molecule has 0 heterocycles. The van der Waals surface area contributed by atoms with E-state index in [-0.39, 0.29) is 21.2 Å². The number of benzene rings is 2. The number of nitrogens with zero attached hydrogens (tertiary/aromatic N) is 1. The van der Waals surface area contributed by atoms with E-state index < -0.39 is 17.5 Å². The van der Waals surface area contributed by atoms with Gasteiger partial charge in [-0.2, -0.15) is 5.26 Å². The number of carbonyl (C=O) groups excluding carboxylic acids is 1. The molecule has 0 saturated heterocycles. The second kappa shape index (κ2) is 6.26. The fourth-order valence-electron chi connectivity index (χ4n) is 2.02. The first-order valence-electron chi connectivity index (χ1n) is 6.09. The van der Waals surface area contributed by atoms with E-state index in [1.807, 2.05) is 13.0 Å². The first kappa shape index (κ1) is 15.5. The topological polar surface area (TPSA) is 40.9 Å². The van der Waals surface area contributed by atoms with Gasteiger partial charge in [0.05, 0.1) is 11.1 Å². The summed E-state index contributed by atoms with van der Waals surface area (Å²) in [6, 6.07) is 10.7. The molecule has 1 unspecified atom stereocenters. The highest BCUT2D eigenvalue weighted by atomic mass is 35.5. The van der Waals surface area contributed by atoms with E-state index in [0.29, 0.717) is 0 Å². The van der Waals surface area contributed by atoms with E-state index in [2.05, 4.69) is 0 Å². The second-order valence-corrected chi connectivity index (χ2v) is 5.36. The van der Waals surface area contributed by atoms with Crippen LogP contribution in [0.5, 0.6) is 0 Å². The van der Waals surface area contributed by atoms with Crippen molar-refractivity contribution in [3.8, 4) is 6.07 Å². The molecule has 2 nitrogen and oxygen atoms in total. The number of Topliss-reactive ketones (excluding diaryl/α,β-unsaturated/α-hetero) is 1. The SMILES string of the molecule is Cc1ccc(C(=O)C(C#N)c2c(F)cccc2Cl)c(Cl)c1. The maximum absolute atomic E-state index is 13.9.